The van der Waals surface area contributed by atoms with Crippen LogP contribution in [0.2, 0.25) is 0 Å². The minimum atomic E-state index is -0.328. The first-order valence-corrected chi connectivity index (χ1v) is 4.91. The Kier molecular flexibility index (Phi) is 7.92. The molecule has 0 aromatic carbocycles. The van der Waals surface area contributed by atoms with E-state index in [1.807, 2.05) is 34.6 Å². The molecule has 0 heterocycles. The second kappa shape index (κ2) is 7.26. The molecule has 15 heavy (non-hydrogen) atoms. The van der Waals surface area contributed by atoms with Gasteiger partial charge in [0.1, 0.15) is 5.60 Å². The Balaban J connectivity index is 0. The number of esters is 2. The Morgan fingerprint density at radius 1 is 1.00 bits per heavy atom. The highest BCUT2D eigenvalue weighted by Gasteiger charge is 2.11. The average Bonchev–Trinajstić information content (AvgIpc) is 1.76. The van der Waals surface area contributed by atoms with Gasteiger partial charge >= 0.3 is 11.9 Å². The van der Waals surface area contributed by atoms with Crippen LogP contribution in [-0.2, 0) is 19.1 Å². The van der Waals surface area contributed by atoms with Crippen LogP contribution >= 0.6 is 0 Å². The standard InChI is InChI=1S/C6H12O2.C5H10O2/c1-5(7)8-6(2,3)4;1-4(2)7-5(3)6/h1-4H3;4H,1-3H3. The van der Waals surface area contributed by atoms with Crippen LogP contribution in [0.5, 0.6) is 0 Å². The van der Waals surface area contributed by atoms with E-state index in [9.17, 15) is 9.59 Å². The van der Waals surface area contributed by atoms with Gasteiger partial charge in [0.2, 0.25) is 0 Å². The molecule has 0 amide bonds. The normalized spacial score (nSPS) is 10.1. The Bertz CT molecular complexity index is 201. The summed E-state index contributed by atoms with van der Waals surface area (Å²) in [6.07, 6.45) is 0.0255. The maximum atomic E-state index is 10.2. The first-order chi connectivity index (χ1) is 6.54. The van der Waals surface area contributed by atoms with Gasteiger partial charge in [-0.25, -0.2) is 0 Å². The fourth-order valence-electron chi connectivity index (χ4n) is 0.763. The van der Waals surface area contributed by atoms with Gasteiger partial charge in [0.25, 0.3) is 0 Å². The van der Waals surface area contributed by atoms with Crippen LogP contribution in [0.25, 0.3) is 0 Å². The van der Waals surface area contributed by atoms with Crippen molar-refractivity contribution in [2.45, 2.75) is 60.2 Å². The molecule has 0 aliphatic heterocycles. The van der Waals surface area contributed by atoms with E-state index < -0.39 is 0 Å². The Morgan fingerprint density at radius 2 is 1.40 bits per heavy atom. The summed E-state index contributed by atoms with van der Waals surface area (Å²) in [4.78, 5) is 20.3. The lowest BCUT2D eigenvalue weighted by molar-refractivity contribution is -0.152. The minimum Gasteiger partial charge on any atom is -0.463 e. The van der Waals surface area contributed by atoms with Crippen molar-refractivity contribution in [3.8, 4) is 0 Å². The third-order valence-electron chi connectivity index (χ3n) is 0.852. The predicted octanol–water partition coefficient (Wildman–Crippen LogP) is 2.31. The summed E-state index contributed by atoms with van der Waals surface area (Å²) >= 11 is 0. The summed E-state index contributed by atoms with van der Waals surface area (Å²) in [5, 5.41) is 0. The number of ether oxygens (including phenoxy) is 2. The van der Waals surface area contributed by atoms with E-state index in [2.05, 4.69) is 4.74 Å². The quantitative estimate of drug-likeness (QED) is 0.634. The Hall–Kier alpha value is -1.06. The van der Waals surface area contributed by atoms with Crippen LogP contribution in [0.4, 0.5) is 0 Å². The molecule has 0 rings (SSSR count). The first kappa shape index (κ1) is 16.4. The van der Waals surface area contributed by atoms with Crippen molar-refractivity contribution in [2.24, 2.45) is 0 Å². The third-order valence-corrected chi connectivity index (χ3v) is 0.852. The van der Waals surface area contributed by atoms with E-state index in [0.717, 1.165) is 0 Å². The average molecular weight is 218 g/mol. The van der Waals surface area contributed by atoms with E-state index in [1.165, 1.54) is 13.8 Å². The van der Waals surface area contributed by atoms with E-state index in [0.29, 0.717) is 0 Å². The maximum Gasteiger partial charge on any atom is 0.303 e. The SMILES string of the molecule is CC(=O)OC(C)(C)C.CC(=O)OC(C)C. The molecular formula is C11H22O4. The highest BCUT2D eigenvalue weighted by Crippen LogP contribution is 2.05. The molecule has 4 heteroatoms. The van der Waals surface area contributed by atoms with Crippen LogP contribution in [0.15, 0.2) is 0 Å². The molecule has 0 unspecified atom stereocenters. The zero-order chi connectivity index (χ0) is 12.6. The topological polar surface area (TPSA) is 52.6 Å². The fraction of sp³-hybridized carbons (Fsp3) is 0.818. The molecule has 0 aromatic rings. The zero-order valence-electron chi connectivity index (χ0n) is 10.7. The third kappa shape index (κ3) is 24.6. The molecule has 0 N–H and O–H groups in total. The summed E-state index contributed by atoms with van der Waals surface area (Å²) in [7, 11) is 0. The molecule has 0 aliphatic rings. The Labute approximate surface area is 91.9 Å². The largest absolute Gasteiger partial charge is 0.463 e. The molecule has 0 radical (unpaired) electrons. The number of hydrogen-bond acceptors (Lipinski definition) is 4. The molecule has 0 atom stereocenters. The second-order valence-corrected chi connectivity index (χ2v) is 4.36. The monoisotopic (exact) mass is 218 g/mol. The van der Waals surface area contributed by atoms with E-state index in [1.54, 1.807) is 0 Å². The summed E-state index contributed by atoms with van der Waals surface area (Å²) in [5.41, 5.74) is -0.328. The van der Waals surface area contributed by atoms with Crippen molar-refractivity contribution in [3.05, 3.63) is 0 Å². The molecule has 90 valence electrons. The van der Waals surface area contributed by atoms with E-state index in [-0.39, 0.29) is 23.6 Å². The molecular weight excluding hydrogens is 196 g/mol. The van der Waals surface area contributed by atoms with Crippen molar-refractivity contribution in [3.63, 3.8) is 0 Å². The van der Waals surface area contributed by atoms with Crippen molar-refractivity contribution in [2.75, 3.05) is 0 Å². The van der Waals surface area contributed by atoms with Gasteiger partial charge in [0, 0.05) is 13.8 Å². The highest BCUT2D eigenvalue weighted by molar-refractivity contribution is 5.66. The van der Waals surface area contributed by atoms with Crippen molar-refractivity contribution in [1.82, 2.24) is 0 Å². The van der Waals surface area contributed by atoms with Crippen molar-refractivity contribution >= 4 is 11.9 Å². The first-order valence-electron chi connectivity index (χ1n) is 4.91. The molecule has 0 aliphatic carbocycles. The lowest BCUT2D eigenvalue weighted by atomic mass is 10.2. The molecule has 0 spiro atoms. The van der Waals surface area contributed by atoms with Crippen molar-refractivity contribution < 1.29 is 19.1 Å². The zero-order valence-corrected chi connectivity index (χ0v) is 10.7. The Morgan fingerprint density at radius 3 is 1.40 bits per heavy atom. The number of carbonyl (C=O) groups is 2. The summed E-state index contributed by atoms with van der Waals surface area (Å²) in [6, 6.07) is 0. The van der Waals surface area contributed by atoms with Crippen LogP contribution in [0.1, 0.15) is 48.5 Å². The number of carbonyl (C=O) groups excluding carboxylic acids is 2. The molecule has 0 aromatic heterocycles. The molecule has 4 nitrogen and oxygen atoms in total. The lowest BCUT2D eigenvalue weighted by Crippen LogP contribution is -2.21. The maximum absolute atomic E-state index is 10.2. The van der Waals surface area contributed by atoms with Crippen molar-refractivity contribution in [1.29, 1.82) is 0 Å². The van der Waals surface area contributed by atoms with Gasteiger partial charge in [-0.15, -0.1) is 0 Å². The molecule has 0 saturated heterocycles. The smallest absolute Gasteiger partial charge is 0.303 e. The summed E-state index contributed by atoms with van der Waals surface area (Å²) < 4.78 is 9.41. The predicted molar refractivity (Wildman–Crippen MR) is 58.4 cm³/mol. The molecule has 0 fully saturated rings. The summed E-state index contributed by atoms with van der Waals surface area (Å²) in [5.74, 6) is -0.437. The van der Waals surface area contributed by atoms with Gasteiger partial charge in [-0.1, -0.05) is 0 Å². The lowest BCUT2D eigenvalue weighted by Gasteiger charge is -2.17. The minimum absolute atomic E-state index is 0.0255. The van der Waals surface area contributed by atoms with Gasteiger partial charge in [-0.05, 0) is 34.6 Å². The fourth-order valence-corrected chi connectivity index (χ4v) is 0.763. The van der Waals surface area contributed by atoms with Crippen LogP contribution < -0.4 is 0 Å². The summed E-state index contributed by atoms with van der Waals surface area (Å²) in [6.45, 7) is 12.0. The van der Waals surface area contributed by atoms with Crippen LogP contribution in [0.3, 0.4) is 0 Å². The van der Waals surface area contributed by atoms with E-state index in [4.69, 9.17) is 4.74 Å². The van der Waals surface area contributed by atoms with Gasteiger partial charge in [0.15, 0.2) is 0 Å². The second-order valence-electron chi connectivity index (χ2n) is 4.36. The number of hydrogen-bond donors (Lipinski definition) is 0. The number of rotatable bonds is 1. The molecule has 0 bridgehead atoms. The van der Waals surface area contributed by atoms with Gasteiger partial charge in [-0.3, -0.25) is 9.59 Å². The molecule has 0 saturated carbocycles. The van der Waals surface area contributed by atoms with Gasteiger partial charge < -0.3 is 9.47 Å². The van der Waals surface area contributed by atoms with Gasteiger partial charge in [-0.2, -0.15) is 0 Å². The van der Waals surface area contributed by atoms with Crippen LogP contribution in [-0.4, -0.2) is 23.6 Å². The van der Waals surface area contributed by atoms with Crippen LogP contribution in [0, 0.1) is 0 Å². The highest BCUT2D eigenvalue weighted by atomic mass is 16.6. The van der Waals surface area contributed by atoms with E-state index >= 15 is 0 Å². The van der Waals surface area contributed by atoms with Gasteiger partial charge in [0.05, 0.1) is 6.10 Å².